The zero-order valence-electron chi connectivity index (χ0n) is 11.6. The number of carbonyl (C=O) groups is 1. The van der Waals surface area contributed by atoms with Crippen LogP contribution in [0, 0.1) is 6.92 Å². The summed E-state index contributed by atoms with van der Waals surface area (Å²) in [4.78, 5) is 17.4. The maximum Gasteiger partial charge on any atom is 0.229 e. The number of hydrogen-bond donors (Lipinski definition) is 2. The van der Waals surface area contributed by atoms with E-state index in [2.05, 4.69) is 10.3 Å². The quantitative estimate of drug-likeness (QED) is 0.873. The Labute approximate surface area is 141 Å². The van der Waals surface area contributed by atoms with Crippen LogP contribution < -0.4 is 11.1 Å². The highest BCUT2D eigenvalue weighted by Gasteiger charge is 2.18. The fraction of sp³-hybridized carbons (Fsp3) is 0.286. The van der Waals surface area contributed by atoms with E-state index in [1.807, 2.05) is 37.3 Å². The van der Waals surface area contributed by atoms with E-state index in [1.165, 1.54) is 0 Å². The van der Waals surface area contributed by atoms with Crippen molar-refractivity contribution in [3.05, 3.63) is 52.0 Å². The minimum Gasteiger partial charge on any atom is -0.351 e. The summed E-state index contributed by atoms with van der Waals surface area (Å²) < 4.78 is 0. The third-order valence-electron chi connectivity index (χ3n) is 3.02. The molecule has 2 rings (SSSR count). The molecule has 116 valence electrons. The second kappa shape index (κ2) is 9.73. The van der Waals surface area contributed by atoms with Gasteiger partial charge in [0.25, 0.3) is 0 Å². The molecule has 1 atom stereocenters. The molecule has 0 saturated heterocycles. The van der Waals surface area contributed by atoms with Gasteiger partial charge in [0.15, 0.2) is 0 Å². The topological polar surface area (TPSA) is 68.0 Å². The van der Waals surface area contributed by atoms with E-state index in [1.54, 1.807) is 16.8 Å². The summed E-state index contributed by atoms with van der Waals surface area (Å²) in [7, 11) is 0. The Morgan fingerprint density at radius 2 is 2.00 bits per heavy atom. The monoisotopic (exact) mass is 347 g/mol. The van der Waals surface area contributed by atoms with Gasteiger partial charge in [-0.2, -0.15) is 0 Å². The van der Waals surface area contributed by atoms with E-state index < -0.39 is 0 Å². The second-order valence-electron chi connectivity index (χ2n) is 4.28. The first-order valence-corrected chi connectivity index (χ1v) is 7.02. The SMILES string of the molecule is Cc1ncsc1CNC(=O)C(CN)c1ccccc1.Cl.Cl. The summed E-state index contributed by atoms with van der Waals surface area (Å²) in [6.07, 6.45) is 0. The Balaban J connectivity index is 0.00000200. The number of halogens is 2. The number of aromatic nitrogens is 1. The molecular weight excluding hydrogens is 329 g/mol. The third-order valence-corrected chi connectivity index (χ3v) is 3.96. The molecule has 0 bridgehead atoms. The van der Waals surface area contributed by atoms with Crippen molar-refractivity contribution in [1.29, 1.82) is 0 Å². The van der Waals surface area contributed by atoms with Gasteiger partial charge in [-0.3, -0.25) is 4.79 Å². The van der Waals surface area contributed by atoms with Crippen LogP contribution in [0.2, 0.25) is 0 Å². The first-order chi connectivity index (χ1) is 9.22. The molecule has 1 unspecified atom stereocenters. The summed E-state index contributed by atoms with van der Waals surface area (Å²) in [6, 6.07) is 9.61. The molecule has 1 aromatic heterocycles. The van der Waals surface area contributed by atoms with E-state index in [-0.39, 0.29) is 36.6 Å². The Bertz CT molecular complexity index is 548. The van der Waals surface area contributed by atoms with Gasteiger partial charge in [-0.1, -0.05) is 30.3 Å². The number of hydrogen-bond acceptors (Lipinski definition) is 4. The van der Waals surface area contributed by atoms with Crippen molar-refractivity contribution < 1.29 is 4.79 Å². The number of benzene rings is 1. The highest BCUT2D eigenvalue weighted by Crippen LogP contribution is 2.16. The van der Waals surface area contributed by atoms with Gasteiger partial charge in [0.05, 0.1) is 23.7 Å². The minimum absolute atomic E-state index is 0. The van der Waals surface area contributed by atoms with Gasteiger partial charge < -0.3 is 11.1 Å². The van der Waals surface area contributed by atoms with Crippen LogP contribution in [0.1, 0.15) is 22.1 Å². The molecule has 0 aliphatic carbocycles. The Hall–Kier alpha value is -1.14. The highest BCUT2D eigenvalue weighted by molar-refractivity contribution is 7.09. The first kappa shape index (κ1) is 19.9. The molecule has 0 spiro atoms. The van der Waals surface area contributed by atoms with Gasteiger partial charge in [-0.05, 0) is 12.5 Å². The Morgan fingerprint density at radius 1 is 1.33 bits per heavy atom. The van der Waals surface area contributed by atoms with Crippen molar-refractivity contribution >= 4 is 42.1 Å². The largest absolute Gasteiger partial charge is 0.351 e. The summed E-state index contributed by atoms with van der Waals surface area (Å²) in [5, 5.41) is 2.93. The average Bonchev–Trinajstić information content (AvgIpc) is 2.84. The summed E-state index contributed by atoms with van der Waals surface area (Å²) in [5.41, 5.74) is 9.41. The van der Waals surface area contributed by atoms with E-state index in [0.717, 1.165) is 16.1 Å². The number of nitrogens with two attached hydrogens (primary N) is 1. The van der Waals surface area contributed by atoms with Crippen molar-refractivity contribution in [2.24, 2.45) is 5.73 Å². The van der Waals surface area contributed by atoms with Gasteiger partial charge in [0, 0.05) is 11.4 Å². The van der Waals surface area contributed by atoms with Gasteiger partial charge in [-0.25, -0.2) is 4.98 Å². The number of rotatable bonds is 5. The van der Waals surface area contributed by atoms with E-state index >= 15 is 0 Å². The molecule has 1 aromatic carbocycles. The third kappa shape index (κ3) is 5.28. The second-order valence-corrected chi connectivity index (χ2v) is 5.22. The van der Waals surface area contributed by atoms with Crippen molar-refractivity contribution in [3.63, 3.8) is 0 Å². The lowest BCUT2D eigenvalue weighted by Gasteiger charge is -2.15. The summed E-state index contributed by atoms with van der Waals surface area (Å²) in [5.74, 6) is -0.337. The predicted molar refractivity (Wildman–Crippen MR) is 91.4 cm³/mol. The Morgan fingerprint density at radius 3 is 2.52 bits per heavy atom. The van der Waals surface area contributed by atoms with Crippen LogP contribution in [0.15, 0.2) is 35.8 Å². The molecule has 0 saturated carbocycles. The lowest BCUT2D eigenvalue weighted by atomic mass is 9.98. The van der Waals surface area contributed by atoms with E-state index in [9.17, 15) is 4.79 Å². The van der Waals surface area contributed by atoms with Crippen LogP contribution in [-0.2, 0) is 11.3 Å². The number of aryl methyl sites for hydroxylation is 1. The molecule has 4 nitrogen and oxygen atoms in total. The van der Waals surface area contributed by atoms with Crippen molar-refractivity contribution in [3.8, 4) is 0 Å². The Kier molecular flexibility index (Phi) is 9.21. The van der Waals surface area contributed by atoms with Gasteiger partial charge >= 0.3 is 0 Å². The van der Waals surface area contributed by atoms with Crippen LogP contribution >= 0.6 is 36.2 Å². The standard InChI is InChI=1S/C14H17N3OS.2ClH/c1-10-13(19-9-17-10)8-16-14(18)12(7-15)11-5-3-2-4-6-11;;/h2-6,9,12H,7-8,15H2,1H3,(H,16,18);2*1H. The predicted octanol–water partition coefficient (Wildman–Crippen LogP) is 2.65. The molecule has 21 heavy (non-hydrogen) atoms. The van der Waals surface area contributed by atoms with Crippen molar-refractivity contribution in [2.45, 2.75) is 19.4 Å². The molecule has 0 fully saturated rings. The molecule has 0 aliphatic rings. The first-order valence-electron chi connectivity index (χ1n) is 6.14. The zero-order valence-corrected chi connectivity index (χ0v) is 14.1. The molecular formula is C14H19Cl2N3OS. The van der Waals surface area contributed by atoms with Crippen LogP contribution in [0.3, 0.4) is 0 Å². The maximum atomic E-state index is 12.2. The molecule has 1 amide bonds. The summed E-state index contributed by atoms with van der Waals surface area (Å²) >= 11 is 1.55. The molecule has 3 N–H and O–H groups in total. The van der Waals surface area contributed by atoms with Gasteiger partial charge in [0.1, 0.15) is 0 Å². The fourth-order valence-corrected chi connectivity index (χ4v) is 2.58. The molecule has 0 aliphatic heterocycles. The van der Waals surface area contributed by atoms with Crippen molar-refractivity contribution in [2.75, 3.05) is 6.54 Å². The molecule has 1 heterocycles. The van der Waals surface area contributed by atoms with Crippen LogP contribution in [-0.4, -0.2) is 17.4 Å². The normalized spacial score (nSPS) is 11.0. The average molecular weight is 348 g/mol. The summed E-state index contributed by atoms with van der Waals surface area (Å²) in [6.45, 7) is 2.76. The smallest absolute Gasteiger partial charge is 0.229 e. The zero-order chi connectivity index (χ0) is 13.7. The molecule has 7 heteroatoms. The maximum absolute atomic E-state index is 12.2. The van der Waals surface area contributed by atoms with E-state index in [0.29, 0.717) is 13.1 Å². The molecule has 0 radical (unpaired) electrons. The van der Waals surface area contributed by atoms with Crippen molar-refractivity contribution in [1.82, 2.24) is 10.3 Å². The fourth-order valence-electron chi connectivity index (χ4n) is 1.87. The van der Waals surface area contributed by atoms with E-state index in [4.69, 9.17) is 5.73 Å². The minimum atomic E-state index is -0.297. The van der Waals surface area contributed by atoms with Crippen LogP contribution in [0.25, 0.3) is 0 Å². The van der Waals surface area contributed by atoms with Gasteiger partial charge in [0.2, 0.25) is 5.91 Å². The molecule has 2 aromatic rings. The van der Waals surface area contributed by atoms with Gasteiger partial charge in [-0.15, -0.1) is 36.2 Å². The number of nitrogens with zero attached hydrogens (tertiary/aromatic N) is 1. The number of amides is 1. The number of nitrogens with one attached hydrogen (secondary N) is 1. The lowest BCUT2D eigenvalue weighted by Crippen LogP contribution is -2.33. The van der Waals surface area contributed by atoms with Crippen LogP contribution in [0.5, 0.6) is 0 Å². The number of carbonyl (C=O) groups excluding carboxylic acids is 1. The number of thiazole rings is 1. The lowest BCUT2D eigenvalue weighted by molar-refractivity contribution is -0.122. The highest BCUT2D eigenvalue weighted by atomic mass is 35.5. The van der Waals surface area contributed by atoms with Crippen LogP contribution in [0.4, 0.5) is 0 Å².